The van der Waals surface area contributed by atoms with Crippen molar-refractivity contribution in [2.45, 2.75) is 45.6 Å². The number of nitrogens with one attached hydrogen (secondary N) is 1. The van der Waals surface area contributed by atoms with Gasteiger partial charge in [-0.3, -0.25) is 0 Å². The van der Waals surface area contributed by atoms with Crippen LogP contribution in [0.15, 0.2) is 24.3 Å². The van der Waals surface area contributed by atoms with Gasteiger partial charge in [0.25, 0.3) is 0 Å². The molecule has 2 rings (SSSR count). The lowest BCUT2D eigenvalue weighted by molar-refractivity contribution is 0.176. The SMILES string of the molecule is CCCNC(CCN1CCCC(C)C1)c1ccc(F)cc1. The zero-order chi connectivity index (χ0) is 15.1. The fraction of sp³-hybridized carbons (Fsp3) is 0.667. The highest BCUT2D eigenvalue weighted by molar-refractivity contribution is 5.20. The van der Waals surface area contributed by atoms with Gasteiger partial charge in [0.15, 0.2) is 0 Å². The molecule has 1 saturated heterocycles. The Kier molecular flexibility index (Phi) is 6.65. The van der Waals surface area contributed by atoms with Crippen LogP contribution < -0.4 is 5.32 Å². The highest BCUT2D eigenvalue weighted by atomic mass is 19.1. The summed E-state index contributed by atoms with van der Waals surface area (Å²) in [5, 5.41) is 3.61. The van der Waals surface area contributed by atoms with E-state index in [1.165, 1.54) is 31.5 Å². The minimum absolute atomic E-state index is 0.155. The molecule has 1 heterocycles. The van der Waals surface area contributed by atoms with Gasteiger partial charge in [0, 0.05) is 12.6 Å². The Morgan fingerprint density at radius 3 is 2.76 bits per heavy atom. The Bertz CT molecular complexity index is 404. The summed E-state index contributed by atoms with van der Waals surface area (Å²) in [7, 11) is 0. The van der Waals surface area contributed by atoms with Crippen LogP contribution in [0.2, 0.25) is 0 Å². The van der Waals surface area contributed by atoms with E-state index in [-0.39, 0.29) is 5.82 Å². The molecule has 0 bridgehead atoms. The highest BCUT2D eigenvalue weighted by Crippen LogP contribution is 2.21. The van der Waals surface area contributed by atoms with E-state index in [1.54, 1.807) is 12.1 Å². The predicted molar refractivity (Wildman–Crippen MR) is 86.9 cm³/mol. The molecule has 0 spiro atoms. The van der Waals surface area contributed by atoms with Crippen molar-refractivity contribution in [3.05, 3.63) is 35.6 Å². The smallest absolute Gasteiger partial charge is 0.123 e. The first-order chi connectivity index (χ1) is 10.2. The molecule has 1 fully saturated rings. The van der Waals surface area contributed by atoms with Crippen molar-refractivity contribution in [3.8, 4) is 0 Å². The topological polar surface area (TPSA) is 15.3 Å². The molecule has 3 heteroatoms. The molecule has 1 N–H and O–H groups in total. The third-order valence-corrected chi connectivity index (χ3v) is 4.39. The number of benzene rings is 1. The summed E-state index contributed by atoms with van der Waals surface area (Å²) in [5.74, 6) is 0.671. The Morgan fingerprint density at radius 1 is 1.33 bits per heavy atom. The molecule has 21 heavy (non-hydrogen) atoms. The quantitative estimate of drug-likeness (QED) is 0.817. The van der Waals surface area contributed by atoms with Crippen molar-refractivity contribution in [1.29, 1.82) is 0 Å². The van der Waals surface area contributed by atoms with E-state index in [2.05, 4.69) is 24.1 Å². The zero-order valence-corrected chi connectivity index (χ0v) is 13.4. The van der Waals surface area contributed by atoms with Gasteiger partial charge >= 0.3 is 0 Å². The lowest BCUT2D eigenvalue weighted by atomic mass is 9.98. The van der Waals surface area contributed by atoms with Gasteiger partial charge in [-0.05, 0) is 68.9 Å². The van der Waals surface area contributed by atoms with Crippen LogP contribution in [-0.4, -0.2) is 31.1 Å². The maximum atomic E-state index is 13.1. The molecule has 0 radical (unpaired) electrons. The molecular weight excluding hydrogens is 263 g/mol. The van der Waals surface area contributed by atoms with Crippen molar-refractivity contribution in [2.24, 2.45) is 5.92 Å². The maximum absolute atomic E-state index is 13.1. The highest BCUT2D eigenvalue weighted by Gasteiger charge is 2.18. The average molecular weight is 292 g/mol. The Labute approximate surface area is 128 Å². The van der Waals surface area contributed by atoms with Gasteiger partial charge in [0.1, 0.15) is 5.82 Å². The molecule has 2 unspecified atom stereocenters. The van der Waals surface area contributed by atoms with Gasteiger partial charge in [-0.15, -0.1) is 0 Å². The Hall–Kier alpha value is -0.930. The number of piperidine rings is 1. The number of likely N-dealkylation sites (tertiary alicyclic amines) is 1. The van der Waals surface area contributed by atoms with E-state index in [1.807, 2.05) is 12.1 Å². The van der Waals surface area contributed by atoms with Crippen LogP contribution in [-0.2, 0) is 0 Å². The molecule has 1 aliphatic heterocycles. The molecule has 1 aromatic carbocycles. The molecular formula is C18H29FN2. The number of hydrogen-bond acceptors (Lipinski definition) is 2. The van der Waals surface area contributed by atoms with Crippen LogP contribution >= 0.6 is 0 Å². The summed E-state index contributed by atoms with van der Waals surface area (Å²) in [6.45, 7) is 9.12. The molecule has 2 nitrogen and oxygen atoms in total. The van der Waals surface area contributed by atoms with Crippen LogP contribution in [0.25, 0.3) is 0 Å². The lowest BCUT2D eigenvalue weighted by Crippen LogP contribution is -2.36. The second-order valence-corrected chi connectivity index (χ2v) is 6.39. The van der Waals surface area contributed by atoms with Crippen LogP contribution in [0.3, 0.4) is 0 Å². The van der Waals surface area contributed by atoms with Gasteiger partial charge in [-0.1, -0.05) is 26.0 Å². The maximum Gasteiger partial charge on any atom is 0.123 e. The second-order valence-electron chi connectivity index (χ2n) is 6.39. The minimum atomic E-state index is -0.155. The molecule has 2 atom stereocenters. The van der Waals surface area contributed by atoms with Gasteiger partial charge in [0.2, 0.25) is 0 Å². The van der Waals surface area contributed by atoms with Crippen molar-refractivity contribution >= 4 is 0 Å². The van der Waals surface area contributed by atoms with Crippen molar-refractivity contribution < 1.29 is 4.39 Å². The van der Waals surface area contributed by atoms with E-state index in [0.29, 0.717) is 6.04 Å². The zero-order valence-electron chi connectivity index (χ0n) is 13.4. The largest absolute Gasteiger partial charge is 0.310 e. The second kappa shape index (κ2) is 8.50. The van der Waals surface area contributed by atoms with E-state index < -0.39 is 0 Å². The van der Waals surface area contributed by atoms with Gasteiger partial charge in [-0.2, -0.15) is 0 Å². The van der Waals surface area contributed by atoms with Crippen LogP contribution in [0, 0.1) is 11.7 Å². The van der Waals surface area contributed by atoms with Crippen LogP contribution in [0.4, 0.5) is 4.39 Å². The monoisotopic (exact) mass is 292 g/mol. The van der Waals surface area contributed by atoms with E-state index in [4.69, 9.17) is 0 Å². The molecule has 1 aliphatic rings. The van der Waals surface area contributed by atoms with Gasteiger partial charge < -0.3 is 10.2 Å². The first kappa shape index (κ1) is 16.4. The summed E-state index contributed by atoms with van der Waals surface area (Å²) in [5.41, 5.74) is 1.20. The first-order valence-corrected chi connectivity index (χ1v) is 8.40. The average Bonchev–Trinajstić information content (AvgIpc) is 2.49. The van der Waals surface area contributed by atoms with Gasteiger partial charge in [-0.25, -0.2) is 4.39 Å². The first-order valence-electron chi connectivity index (χ1n) is 8.40. The summed E-state index contributed by atoms with van der Waals surface area (Å²) in [4.78, 5) is 2.58. The standard InChI is InChI=1S/C18H29FN2/c1-3-11-20-18(16-6-8-17(19)9-7-16)10-13-21-12-4-5-15(2)14-21/h6-9,15,18,20H,3-5,10-14H2,1-2H3. The van der Waals surface area contributed by atoms with Crippen LogP contribution in [0.5, 0.6) is 0 Å². The molecule has 0 aliphatic carbocycles. The third-order valence-electron chi connectivity index (χ3n) is 4.39. The Morgan fingerprint density at radius 2 is 2.10 bits per heavy atom. The van der Waals surface area contributed by atoms with Crippen molar-refractivity contribution in [1.82, 2.24) is 10.2 Å². The number of nitrogens with zero attached hydrogens (tertiary/aromatic N) is 1. The van der Waals surface area contributed by atoms with E-state index >= 15 is 0 Å². The molecule has 118 valence electrons. The summed E-state index contributed by atoms with van der Waals surface area (Å²) >= 11 is 0. The summed E-state index contributed by atoms with van der Waals surface area (Å²) in [6, 6.07) is 7.31. The fourth-order valence-corrected chi connectivity index (χ4v) is 3.20. The van der Waals surface area contributed by atoms with Crippen LogP contribution in [0.1, 0.15) is 51.1 Å². The molecule has 0 amide bonds. The number of rotatable bonds is 7. The summed E-state index contributed by atoms with van der Waals surface area (Å²) in [6.07, 6.45) is 4.91. The molecule has 1 aromatic rings. The van der Waals surface area contributed by atoms with E-state index in [9.17, 15) is 4.39 Å². The normalized spacial score (nSPS) is 21.4. The third kappa shape index (κ3) is 5.40. The predicted octanol–water partition coefficient (Wildman–Crippen LogP) is 3.99. The van der Waals surface area contributed by atoms with E-state index in [0.717, 1.165) is 31.8 Å². The van der Waals surface area contributed by atoms with Crippen molar-refractivity contribution in [3.63, 3.8) is 0 Å². The lowest BCUT2D eigenvalue weighted by Gasteiger charge is -2.32. The van der Waals surface area contributed by atoms with Gasteiger partial charge in [0.05, 0.1) is 0 Å². The summed E-state index contributed by atoms with van der Waals surface area (Å²) < 4.78 is 13.1. The minimum Gasteiger partial charge on any atom is -0.310 e. The van der Waals surface area contributed by atoms with Crippen molar-refractivity contribution in [2.75, 3.05) is 26.2 Å². The number of hydrogen-bond donors (Lipinski definition) is 1. The molecule has 0 aromatic heterocycles. The molecule has 0 saturated carbocycles. The Balaban J connectivity index is 1.91. The number of halogens is 1. The fourth-order valence-electron chi connectivity index (χ4n) is 3.20.